The molecule has 4 unspecified atom stereocenters. The lowest BCUT2D eigenvalue weighted by Crippen LogP contribution is -2.55. The van der Waals surface area contributed by atoms with Crippen LogP contribution in [0.2, 0.25) is 0 Å². The number of ether oxygens (including phenoxy) is 1. The number of rotatable bonds is 8. The van der Waals surface area contributed by atoms with E-state index in [2.05, 4.69) is 5.32 Å². The van der Waals surface area contributed by atoms with Gasteiger partial charge in [0.05, 0.1) is 18.6 Å². The van der Waals surface area contributed by atoms with Crippen LogP contribution in [-0.2, 0) is 16.1 Å². The maximum Gasteiger partial charge on any atom is 0.247 e. The standard InChI is InChI=1S/C26H29FN2O5/c1-2-5-22(31)29(15-16-8-10-17(27)11-9-16)20-14-19(26(33)28-12-13-30)23-18-6-3-4-7-21(18)34-25(23)24(20)32/h3-4,6-11,14,20,23-25,30,32H,2,5,12-13,15H2,1H3,(H,28,33). The predicted octanol–water partition coefficient (Wildman–Crippen LogP) is 2.28. The van der Waals surface area contributed by atoms with Gasteiger partial charge in [-0.15, -0.1) is 0 Å². The van der Waals surface area contributed by atoms with E-state index in [-0.39, 0.29) is 43.7 Å². The van der Waals surface area contributed by atoms with Crippen molar-refractivity contribution in [2.75, 3.05) is 13.2 Å². The lowest BCUT2D eigenvalue weighted by Gasteiger charge is -2.40. The molecule has 4 rings (SSSR count). The zero-order valence-corrected chi connectivity index (χ0v) is 19.0. The van der Waals surface area contributed by atoms with E-state index in [4.69, 9.17) is 4.74 Å². The van der Waals surface area contributed by atoms with Crippen LogP contribution in [0.5, 0.6) is 5.75 Å². The van der Waals surface area contributed by atoms with Gasteiger partial charge in [0.15, 0.2) is 0 Å². The van der Waals surface area contributed by atoms with E-state index >= 15 is 0 Å². The third kappa shape index (κ3) is 4.69. The van der Waals surface area contributed by atoms with E-state index in [1.165, 1.54) is 17.0 Å². The van der Waals surface area contributed by atoms with Gasteiger partial charge in [-0.05, 0) is 36.3 Å². The smallest absolute Gasteiger partial charge is 0.247 e. The van der Waals surface area contributed by atoms with Crippen molar-refractivity contribution >= 4 is 11.8 Å². The second kappa shape index (κ2) is 10.4. The zero-order chi connectivity index (χ0) is 24.2. The first-order valence-corrected chi connectivity index (χ1v) is 11.5. The number of hydrogen-bond acceptors (Lipinski definition) is 5. The monoisotopic (exact) mass is 468 g/mol. The van der Waals surface area contributed by atoms with Crippen LogP contribution < -0.4 is 10.1 Å². The number of halogens is 1. The molecule has 4 atom stereocenters. The molecule has 0 bridgehead atoms. The second-order valence-corrected chi connectivity index (χ2v) is 8.58. The Hall–Kier alpha value is -3.23. The Bertz CT molecular complexity index is 1070. The van der Waals surface area contributed by atoms with Gasteiger partial charge in [0, 0.05) is 30.6 Å². The highest BCUT2D eigenvalue weighted by Gasteiger charge is 2.50. The second-order valence-electron chi connectivity index (χ2n) is 8.58. The number of para-hydroxylation sites is 1. The molecule has 34 heavy (non-hydrogen) atoms. The number of nitrogens with one attached hydrogen (secondary N) is 1. The normalized spacial score (nSPS) is 22.8. The summed E-state index contributed by atoms with van der Waals surface area (Å²) in [6.07, 6.45) is 0.671. The first kappa shape index (κ1) is 23.9. The largest absolute Gasteiger partial charge is 0.486 e. The van der Waals surface area contributed by atoms with E-state index < -0.39 is 24.2 Å². The Morgan fingerprint density at radius 3 is 2.59 bits per heavy atom. The highest BCUT2D eigenvalue weighted by Crippen LogP contribution is 2.47. The summed E-state index contributed by atoms with van der Waals surface area (Å²) in [6.45, 7) is 1.91. The number of fused-ring (bicyclic) bond motifs is 3. The summed E-state index contributed by atoms with van der Waals surface area (Å²) in [6, 6.07) is 12.3. The van der Waals surface area contributed by atoms with Crippen molar-refractivity contribution in [3.8, 4) is 5.75 Å². The average Bonchev–Trinajstić information content (AvgIpc) is 3.23. The topological polar surface area (TPSA) is 99.1 Å². The number of nitrogens with zero attached hydrogens (tertiary/aromatic N) is 1. The van der Waals surface area contributed by atoms with Gasteiger partial charge in [0.1, 0.15) is 23.8 Å². The summed E-state index contributed by atoms with van der Waals surface area (Å²) in [5, 5.41) is 23.3. The SMILES string of the molecule is CCCC(=O)N(Cc1ccc(F)cc1)C1C=C(C(=O)NCCO)C2c3ccccc3OC2C1O. The third-order valence-corrected chi connectivity index (χ3v) is 6.29. The maximum absolute atomic E-state index is 13.4. The van der Waals surface area contributed by atoms with Crippen LogP contribution in [0.1, 0.15) is 36.8 Å². The highest BCUT2D eigenvalue weighted by atomic mass is 19.1. The number of aliphatic hydroxyl groups excluding tert-OH is 2. The number of carbonyl (C=O) groups is 2. The van der Waals surface area contributed by atoms with Crippen LogP contribution in [0.15, 0.2) is 60.2 Å². The van der Waals surface area contributed by atoms with Crippen LogP contribution in [0.3, 0.4) is 0 Å². The first-order valence-electron chi connectivity index (χ1n) is 11.5. The summed E-state index contributed by atoms with van der Waals surface area (Å²) >= 11 is 0. The number of amides is 2. The highest BCUT2D eigenvalue weighted by molar-refractivity contribution is 5.96. The molecule has 2 aromatic carbocycles. The molecule has 2 amide bonds. The average molecular weight is 469 g/mol. The third-order valence-electron chi connectivity index (χ3n) is 6.29. The van der Waals surface area contributed by atoms with Gasteiger partial charge in [-0.25, -0.2) is 4.39 Å². The molecule has 1 aliphatic carbocycles. The molecule has 0 aromatic heterocycles. The molecular formula is C26H29FN2O5. The van der Waals surface area contributed by atoms with Crippen molar-refractivity contribution in [3.63, 3.8) is 0 Å². The molecule has 0 saturated heterocycles. The van der Waals surface area contributed by atoms with E-state index in [1.54, 1.807) is 24.3 Å². The minimum atomic E-state index is -1.09. The molecule has 0 spiro atoms. The van der Waals surface area contributed by atoms with Crippen molar-refractivity contribution < 1.29 is 28.9 Å². The van der Waals surface area contributed by atoms with Crippen molar-refractivity contribution in [3.05, 3.63) is 77.1 Å². The van der Waals surface area contributed by atoms with Crippen LogP contribution in [-0.4, -0.2) is 58.3 Å². The van der Waals surface area contributed by atoms with Gasteiger partial charge in [0.25, 0.3) is 0 Å². The molecule has 0 radical (unpaired) electrons. The molecule has 8 heteroatoms. The van der Waals surface area contributed by atoms with Crippen molar-refractivity contribution in [1.82, 2.24) is 10.2 Å². The number of carbonyl (C=O) groups excluding carboxylic acids is 2. The van der Waals surface area contributed by atoms with Crippen LogP contribution >= 0.6 is 0 Å². The van der Waals surface area contributed by atoms with Crippen molar-refractivity contribution in [1.29, 1.82) is 0 Å². The fraction of sp³-hybridized carbons (Fsp3) is 0.385. The van der Waals surface area contributed by atoms with Gasteiger partial charge in [-0.3, -0.25) is 9.59 Å². The van der Waals surface area contributed by atoms with Crippen LogP contribution in [0, 0.1) is 5.82 Å². The molecule has 0 fully saturated rings. The summed E-state index contributed by atoms with van der Waals surface area (Å²) in [5.41, 5.74) is 1.88. The van der Waals surface area contributed by atoms with E-state index in [9.17, 15) is 24.2 Å². The van der Waals surface area contributed by atoms with Crippen LogP contribution in [0.25, 0.3) is 0 Å². The molecule has 3 N–H and O–H groups in total. The zero-order valence-electron chi connectivity index (χ0n) is 19.0. The Kier molecular flexibility index (Phi) is 7.29. The molecule has 7 nitrogen and oxygen atoms in total. The Morgan fingerprint density at radius 2 is 1.88 bits per heavy atom. The molecule has 180 valence electrons. The van der Waals surface area contributed by atoms with Crippen LogP contribution in [0.4, 0.5) is 4.39 Å². The number of aliphatic hydroxyl groups is 2. The van der Waals surface area contributed by atoms with Crippen molar-refractivity contribution in [2.45, 2.75) is 50.5 Å². The van der Waals surface area contributed by atoms with Crippen molar-refractivity contribution in [2.24, 2.45) is 0 Å². The summed E-state index contributed by atoms with van der Waals surface area (Å²) in [5.74, 6) is -0.865. The molecule has 2 aliphatic rings. The lowest BCUT2D eigenvalue weighted by atomic mass is 9.77. The minimum absolute atomic E-state index is 0.0807. The minimum Gasteiger partial charge on any atom is -0.486 e. The molecule has 1 aliphatic heterocycles. The Labute approximate surface area is 197 Å². The van der Waals surface area contributed by atoms with E-state index in [0.29, 0.717) is 23.3 Å². The van der Waals surface area contributed by atoms with Gasteiger partial charge in [-0.1, -0.05) is 37.3 Å². The quantitative estimate of drug-likeness (QED) is 0.552. The van der Waals surface area contributed by atoms with Gasteiger partial charge >= 0.3 is 0 Å². The van der Waals surface area contributed by atoms with E-state index in [1.807, 2.05) is 25.1 Å². The fourth-order valence-electron chi connectivity index (χ4n) is 4.69. The fourth-order valence-corrected chi connectivity index (χ4v) is 4.69. The molecular weight excluding hydrogens is 439 g/mol. The number of hydrogen-bond donors (Lipinski definition) is 3. The maximum atomic E-state index is 13.4. The summed E-state index contributed by atoms with van der Waals surface area (Å²) in [7, 11) is 0. The Balaban J connectivity index is 1.74. The molecule has 1 heterocycles. The van der Waals surface area contributed by atoms with Gasteiger partial charge < -0.3 is 25.2 Å². The molecule has 2 aromatic rings. The van der Waals surface area contributed by atoms with Gasteiger partial charge in [-0.2, -0.15) is 0 Å². The first-order chi connectivity index (χ1) is 16.4. The summed E-state index contributed by atoms with van der Waals surface area (Å²) in [4.78, 5) is 27.8. The van der Waals surface area contributed by atoms with E-state index in [0.717, 1.165) is 5.56 Å². The lowest BCUT2D eigenvalue weighted by molar-refractivity contribution is -0.138. The summed E-state index contributed by atoms with van der Waals surface area (Å²) < 4.78 is 19.5. The van der Waals surface area contributed by atoms with Gasteiger partial charge in [0.2, 0.25) is 11.8 Å². The molecule has 0 saturated carbocycles. The Morgan fingerprint density at radius 1 is 1.15 bits per heavy atom. The number of benzene rings is 2. The predicted molar refractivity (Wildman–Crippen MR) is 123 cm³/mol.